The molecule has 1 fully saturated rings. The van der Waals surface area contributed by atoms with Crippen LogP contribution < -0.4 is 16.0 Å². The van der Waals surface area contributed by atoms with Crippen molar-refractivity contribution in [2.45, 2.75) is 77.7 Å². The number of aliphatic imine (C=N–C) groups is 1. The standard InChI is InChI=1S/C30H43N9O3/c1-7-14-31-25-21(20-37(5)28(36-25)35-23-17-22-18-34-38(6)26(22)33-19-23)12-9-8-10-15-32-27(40)24-13-11-16-39(24)29(41)42-30(2,3)4/h17-20,24,28,35H,7-8,10-11,13-16H2,1-6H3,(H,31,36)(H,32,40)/t24-,28?/m0/s1. The van der Waals surface area contributed by atoms with Gasteiger partial charge in [0.25, 0.3) is 0 Å². The third-order valence-corrected chi connectivity index (χ3v) is 6.82. The summed E-state index contributed by atoms with van der Waals surface area (Å²) in [5.41, 5.74) is 1.89. The van der Waals surface area contributed by atoms with Crippen LogP contribution in [0.4, 0.5) is 10.5 Å². The van der Waals surface area contributed by atoms with Gasteiger partial charge in [0.05, 0.1) is 23.7 Å². The Balaban J connectivity index is 1.29. The number of hydrogen-bond acceptors (Lipinski definition) is 9. The predicted octanol–water partition coefficient (Wildman–Crippen LogP) is 3.19. The lowest BCUT2D eigenvalue weighted by molar-refractivity contribution is -0.125. The van der Waals surface area contributed by atoms with Gasteiger partial charge in [-0.1, -0.05) is 18.8 Å². The predicted molar refractivity (Wildman–Crippen MR) is 163 cm³/mol. The summed E-state index contributed by atoms with van der Waals surface area (Å²) in [4.78, 5) is 38.2. The summed E-state index contributed by atoms with van der Waals surface area (Å²) in [7, 11) is 3.82. The third-order valence-electron chi connectivity index (χ3n) is 6.82. The first kappa shape index (κ1) is 30.7. The van der Waals surface area contributed by atoms with E-state index < -0.39 is 17.7 Å². The van der Waals surface area contributed by atoms with Crippen molar-refractivity contribution < 1.29 is 14.3 Å². The zero-order valence-corrected chi connectivity index (χ0v) is 25.5. The number of fused-ring (bicyclic) bond motifs is 1. The topological polar surface area (TPSA) is 129 Å². The van der Waals surface area contributed by atoms with Crippen molar-refractivity contribution in [2.75, 3.05) is 32.0 Å². The fourth-order valence-corrected chi connectivity index (χ4v) is 4.74. The highest BCUT2D eigenvalue weighted by atomic mass is 16.6. The van der Waals surface area contributed by atoms with Crippen LogP contribution in [0.2, 0.25) is 0 Å². The summed E-state index contributed by atoms with van der Waals surface area (Å²) in [5, 5.41) is 15.0. The van der Waals surface area contributed by atoms with Crippen molar-refractivity contribution in [3.05, 3.63) is 30.2 Å². The van der Waals surface area contributed by atoms with Crippen LogP contribution in [0.1, 0.15) is 59.8 Å². The van der Waals surface area contributed by atoms with Crippen LogP contribution in [-0.2, 0) is 16.6 Å². The van der Waals surface area contributed by atoms with E-state index in [1.807, 2.05) is 52.0 Å². The van der Waals surface area contributed by atoms with Crippen molar-refractivity contribution in [2.24, 2.45) is 12.0 Å². The molecule has 12 heteroatoms. The number of carbonyl (C=O) groups excluding carboxylic acids is 2. The monoisotopic (exact) mass is 577 g/mol. The van der Waals surface area contributed by atoms with Gasteiger partial charge in [0.15, 0.2) is 11.9 Å². The normalized spacial score (nSPS) is 18.6. The lowest BCUT2D eigenvalue weighted by Crippen LogP contribution is -2.47. The molecule has 226 valence electrons. The Labute approximate surface area is 247 Å². The maximum Gasteiger partial charge on any atom is 0.410 e. The van der Waals surface area contributed by atoms with Crippen molar-refractivity contribution >= 4 is 34.6 Å². The summed E-state index contributed by atoms with van der Waals surface area (Å²) in [6.07, 6.45) is 8.50. The minimum absolute atomic E-state index is 0.141. The molecule has 0 aromatic carbocycles. The third kappa shape index (κ3) is 7.93. The minimum Gasteiger partial charge on any atom is -0.444 e. The van der Waals surface area contributed by atoms with Gasteiger partial charge in [0, 0.05) is 51.7 Å². The Morgan fingerprint density at radius 3 is 2.76 bits per heavy atom. The molecule has 4 rings (SSSR count). The molecule has 2 aromatic heterocycles. The Bertz CT molecular complexity index is 1400. The second kappa shape index (κ2) is 13.6. The number of carbonyl (C=O) groups is 2. The lowest BCUT2D eigenvalue weighted by atomic mass is 10.2. The van der Waals surface area contributed by atoms with E-state index in [4.69, 9.17) is 9.73 Å². The molecule has 42 heavy (non-hydrogen) atoms. The molecule has 2 aliphatic rings. The van der Waals surface area contributed by atoms with Crippen LogP contribution >= 0.6 is 0 Å². The lowest BCUT2D eigenvalue weighted by Gasteiger charge is -2.30. The van der Waals surface area contributed by atoms with E-state index in [-0.39, 0.29) is 12.2 Å². The molecule has 12 nitrogen and oxygen atoms in total. The first-order valence-corrected chi connectivity index (χ1v) is 14.6. The van der Waals surface area contributed by atoms with Gasteiger partial charge < -0.3 is 25.6 Å². The fraction of sp³-hybridized carbons (Fsp3) is 0.567. The van der Waals surface area contributed by atoms with Crippen LogP contribution in [-0.4, -0.2) is 87.0 Å². The molecule has 0 radical (unpaired) electrons. The number of amides is 2. The number of hydrogen-bond donors (Lipinski definition) is 3. The molecule has 0 saturated carbocycles. The average molecular weight is 578 g/mol. The molecule has 2 atom stereocenters. The molecular formula is C30H43N9O3. The van der Waals surface area contributed by atoms with Gasteiger partial charge in [-0.2, -0.15) is 5.10 Å². The number of nitrogens with one attached hydrogen (secondary N) is 3. The highest BCUT2D eigenvalue weighted by molar-refractivity contribution is 6.03. The van der Waals surface area contributed by atoms with Crippen LogP contribution in [0.5, 0.6) is 0 Å². The molecular weight excluding hydrogens is 534 g/mol. The average Bonchev–Trinajstić information content (AvgIpc) is 3.57. The van der Waals surface area contributed by atoms with Crippen LogP contribution in [0, 0.1) is 11.8 Å². The number of rotatable bonds is 8. The molecule has 2 amide bonds. The summed E-state index contributed by atoms with van der Waals surface area (Å²) < 4.78 is 7.21. The van der Waals surface area contributed by atoms with Crippen LogP contribution in [0.3, 0.4) is 0 Å². The van der Waals surface area contributed by atoms with Crippen molar-refractivity contribution in [3.8, 4) is 11.8 Å². The second-order valence-electron chi connectivity index (χ2n) is 11.6. The highest BCUT2D eigenvalue weighted by Crippen LogP contribution is 2.22. The number of likely N-dealkylation sites (tertiary alicyclic amines) is 1. The molecule has 4 heterocycles. The minimum atomic E-state index is -0.595. The Morgan fingerprint density at radius 1 is 1.19 bits per heavy atom. The maximum absolute atomic E-state index is 12.8. The quantitative estimate of drug-likeness (QED) is 0.322. The SMILES string of the molecule is CCCNC1=NC(Nc2cnc3c(cnn3C)c2)N(C)C=C1C#CCCCNC(=O)[C@@H]1CCCN1C(=O)OC(C)(C)C. The smallest absolute Gasteiger partial charge is 0.410 e. The molecule has 3 N–H and O–H groups in total. The number of amidine groups is 1. The number of ether oxygens (including phenoxy) is 1. The van der Waals surface area contributed by atoms with E-state index in [1.165, 1.54) is 4.90 Å². The number of unbranched alkanes of at least 4 members (excludes halogenated alkanes) is 1. The fourth-order valence-electron chi connectivity index (χ4n) is 4.74. The number of aromatic nitrogens is 3. The van der Waals surface area contributed by atoms with Crippen LogP contribution in [0.25, 0.3) is 11.0 Å². The number of anilines is 1. The van der Waals surface area contributed by atoms with E-state index >= 15 is 0 Å². The summed E-state index contributed by atoms with van der Waals surface area (Å²) >= 11 is 0. The Kier molecular flexibility index (Phi) is 9.93. The highest BCUT2D eigenvalue weighted by Gasteiger charge is 2.36. The molecule has 1 saturated heterocycles. The molecule has 1 unspecified atom stereocenters. The van der Waals surface area contributed by atoms with Gasteiger partial charge >= 0.3 is 6.09 Å². The Morgan fingerprint density at radius 2 is 2.00 bits per heavy atom. The van der Waals surface area contributed by atoms with Gasteiger partial charge in [0.1, 0.15) is 17.5 Å². The molecule has 2 aliphatic heterocycles. The van der Waals surface area contributed by atoms with E-state index in [1.54, 1.807) is 17.1 Å². The van der Waals surface area contributed by atoms with Gasteiger partial charge in [0.2, 0.25) is 5.91 Å². The van der Waals surface area contributed by atoms with Gasteiger partial charge in [-0.25, -0.2) is 14.8 Å². The Hall–Kier alpha value is -4.27. The van der Waals surface area contributed by atoms with E-state index in [0.717, 1.165) is 47.5 Å². The van der Waals surface area contributed by atoms with Crippen molar-refractivity contribution in [1.82, 2.24) is 35.2 Å². The molecule has 0 spiro atoms. The van der Waals surface area contributed by atoms with Crippen LogP contribution in [0.15, 0.2) is 35.2 Å². The first-order valence-electron chi connectivity index (χ1n) is 14.6. The number of aryl methyl sites for hydroxylation is 1. The summed E-state index contributed by atoms with van der Waals surface area (Å²) in [6, 6.07) is 1.53. The zero-order valence-electron chi connectivity index (χ0n) is 25.5. The largest absolute Gasteiger partial charge is 0.444 e. The number of pyridine rings is 1. The van der Waals surface area contributed by atoms with E-state index in [0.29, 0.717) is 32.4 Å². The maximum atomic E-state index is 12.8. The van der Waals surface area contributed by atoms with Gasteiger partial charge in [-0.3, -0.25) is 14.4 Å². The van der Waals surface area contributed by atoms with Crippen molar-refractivity contribution in [3.63, 3.8) is 0 Å². The molecule has 0 aliphatic carbocycles. The van der Waals surface area contributed by atoms with Gasteiger partial charge in [-0.15, -0.1) is 0 Å². The zero-order chi connectivity index (χ0) is 30.3. The first-order chi connectivity index (χ1) is 20.1. The summed E-state index contributed by atoms with van der Waals surface area (Å²) in [5.74, 6) is 7.08. The van der Waals surface area contributed by atoms with Gasteiger partial charge in [-0.05, 0) is 52.5 Å². The molecule has 0 bridgehead atoms. The molecule has 2 aromatic rings. The van der Waals surface area contributed by atoms with Crippen molar-refractivity contribution in [1.29, 1.82) is 0 Å². The van der Waals surface area contributed by atoms with E-state index in [9.17, 15) is 9.59 Å². The summed E-state index contributed by atoms with van der Waals surface area (Å²) in [6.45, 7) is 9.38. The second-order valence-corrected chi connectivity index (χ2v) is 11.6. The number of nitrogens with zero attached hydrogens (tertiary/aromatic N) is 6. The van der Waals surface area contributed by atoms with E-state index in [2.05, 4.69) is 44.8 Å².